The van der Waals surface area contributed by atoms with E-state index in [1.54, 1.807) is 6.42 Å². The van der Waals surface area contributed by atoms with Crippen molar-refractivity contribution in [3.63, 3.8) is 0 Å². The number of rotatable bonds is 30. The van der Waals surface area contributed by atoms with Gasteiger partial charge < -0.3 is 5.11 Å². The average Bonchev–Trinajstić information content (AvgIpc) is 3.00. The first kappa shape index (κ1) is 41.7. The molecule has 0 saturated carbocycles. The molecule has 43 heavy (non-hydrogen) atoms. The van der Waals surface area contributed by atoms with Gasteiger partial charge in [0.05, 0.1) is 6.10 Å². The van der Waals surface area contributed by atoms with Gasteiger partial charge in [-0.3, -0.25) is 0 Å². The van der Waals surface area contributed by atoms with E-state index in [0.717, 1.165) is 103 Å². The molecule has 7 heteroatoms. The van der Waals surface area contributed by atoms with Gasteiger partial charge in [0.15, 0.2) is 0 Å². The monoisotopic (exact) mass is 647 g/mol. The number of hydrogen-bond donors (Lipinski definition) is 2. The van der Waals surface area contributed by atoms with Crippen LogP contribution in [0, 0.1) is 6.42 Å². The second-order valence-corrected chi connectivity index (χ2v) is 12.3. The summed E-state index contributed by atoms with van der Waals surface area (Å²) >= 11 is 3.71. The third-order valence-electron chi connectivity index (χ3n) is 7.48. The zero-order chi connectivity index (χ0) is 31.8. The molecule has 0 aliphatic rings. The van der Waals surface area contributed by atoms with Gasteiger partial charge in [-0.15, -0.1) is 0 Å². The van der Waals surface area contributed by atoms with Gasteiger partial charge in [-0.05, 0) is 12.8 Å². The van der Waals surface area contributed by atoms with Crippen LogP contribution in [0.2, 0.25) is 0 Å². The Bertz CT molecular complexity index is 735. The van der Waals surface area contributed by atoms with Crippen LogP contribution in [0.1, 0.15) is 168 Å². The van der Waals surface area contributed by atoms with Crippen molar-refractivity contribution < 1.29 is 45.2 Å². The molecule has 0 spiro atoms. The minimum atomic E-state index is -0.721. The van der Waals surface area contributed by atoms with Gasteiger partial charge in [0, 0.05) is 0 Å². The average molecular weight is 648 g/mol. The summed E-state index contributed by atoms with van der Waals surface area (Å²) in [5.41, 5.74) is 0. The molecule has 0 bridgehead atoms. The molecule has 251 valence electrons. The number of unbranched alkanes of at least 4 members (excludes halogenated alkanes) is 15. The van der Waals surface area contributed by atoms with Gasteiger partial charge in [-0.25, -0.2) is 0 Å². The van der Waals surface area contributed by atoms with Crippen LogP contribution in [0.3, 0.4) is 0 Å². The van der Waals surface area contributed by atoms with E-state index in [0.29, 0.717) is 6.42 Å². The molecule has 0 aliphatic heterocycles. The molecule has 0 aromatic heterocycles. The van der Waals surface area contributed by atoms with Crippen LogP contribution in [0.25, 0.3) is 0 Å². The summed E-state index contributed by atoms with van der Waals surface area (Å²) in [5, 5.41) is 20.0. The predicted molar refractivity (Wildman–Crippen MR) is 174 cm³/mol. The van der Waals surface area contributed by atoms with E-state index in [2.05, 4.69) is 63.5 Å². The molecule has 6 nitrogen and oxygen atoms in total. The summed E-state index contributed by atoms with van der Waals surface area (Å²) in [7, 11) is 0. The van der Waals surface area contributed by atoms with Crippen LogP contribution in [-0.2, 0) is 34.9 Å². The van der Waals surface area contributed by atoms with E-state index >= 15 is 0 Å². The molecular weight excluding hydrogens is 584 g/mol. The van der Waals surface area contributed by atoms with Gasteiger partial charge in [0.2, 0.25) is 0 Å². The number of carbonyl (C=O) groups is 2. The first-order chi connectivity index (χ1) is 20.9. The molecule has 2 unspecified atom stereocenters. The Morgan fingerprint density at radius 2 is 1.14 bits per heavy atom. The predicted octanol–water partition coefficient (Wildman–Crippen LogP) is 9.15. The smallest absolute Gasteiger partial charge is 0.393 e. The fourth-order valence-corrected chi connectivity index (χ4v) is 4.92. The summed E-state index contributed by atoms with van der Waals surface area (Å²) in [6.45, 7) is 4.39. The van der Waals surface area contributed by atoms with Crippen molar-refractivity contribution in [2.45, 2.75) is 180 Å². The maximum atomic E-state index is 12.0. The topological polar surface area (TPSA) is 93.1 Å². The summed E-state index contributed by atoms with van der Waals surface area (Å²) in [4.78, 5) is 33.2. The van der Waals surface area contributed by atoms with Crippen molar-refractivity contribution in [2.75, 3.05) is 0 Å². The van der Waals surface area contributed by atoms with Crippen LogP contribution in [0.5, 0.6) is 0 Å². The van der Waals surface area contributed by atoms with Gasteiger partial charge in [0.25, 0.3) is 0 Å². The molecule has 0 rings (SSSR count). The van der Waals surface area contributed by atoms with Gasteiger partial charge >= 0.3 is 171 Å². The summed E-state index contributed by atoms with van der Waals surface area (Å²) in [6, 6.07) is 0. The zero-order valence-electron chi connectivity index (χ0n) is 27.4. The molecule has 0 aliphatic carbocycles. The van der Waals surface area contributed by atoms with Crippen molar-refractivity contribution in [3.05, 3.63) is 30.7 Å². The molecule has 0 aromatic rings. The molecule has 0 aromatic carbocycles. The van der Waals surface area contributed by atoms with Crippen LogP contribution < -0.4 is 0 Å². The molecule has 0 radical (unpaired) electrons. The van der Waals surface area contributed by atoms with E-state index in [-0.39, 0.29) is 23.0 Å². The van der Waals surface area contributed by atoms with Crippen molar-refractivity contribution >= 4 is 16.4 Å². The van der Waals surface area contributed by atoms with E-state index in [4.69, 9.17) is 0 Å². The molecule has 0 saturated heterocycles. The van der Waals surface area contributed by atoms with Gasteiger partial charge in [0.1, 0.15) is 0 Å². The molecule has 2 atom stereocenters. The summed E-state index contributed by atoms with van der Waals surface area (Å²) in [5.74, 6) is -1.25. The summed E-state index contributed by atoms with van der Waals surface area (Å²) in [6.07, 6.45) is 33.5. The number of carbonyl (C=O) groups excluding carboxylic acids is 2. The molecule has 0 fully saturated rings. The fraction of sp³-hybridized carbons (Fsp3) is 0.778. The number of aliphatic hydroxyl groups excluding tert-OH is 2. The maximum absolute atomic E-state index is 12.0. The van der Waals surface area contributed by atoms with Crippen LogP contribution in [0.15, 0.2) is 24.3 Å². The molecule has 2 N–H and O–H groups in total. The first-order valence-corrected chi connectivity index (χ1v) is 17.9. The Kier molecular flexibility index (Phi) is 31.2. The minimum Gasteiger partial charge on any atom is -0.393 e. The number of aliphatic hydroxyl groups is 2. The quantitative estimate of drug-likeness (QED) is 0.0202. The van der Waals surface area contributed by atoms with Crippen molar-refractivity contribution in [1.29, 1.82) is 0 Å². The molecule has 0 amide bonds. The van der Waals surface area contributed by atoms with Gasteiger partial charge in [-0.2, -0.15) is 0 Å². The van der Waals surface area contributed by atoms with Crippen molar-refractivity contribution in [3.8, 4) is 0 Å². The Morgan fingerprint density at radius 3 is 1.70 bits per heavy atom. The van der Waals surface area contributed by atoms with Crippen LogP contribution in [0.4, 0.5) is 0 Å². The molecule has 0 heterocycles. The Morgan fingerprint density at radius 1 is 0.651 bits per heavy atom. The first-order valence-electron chi connectivity index (χ1n) is 17.3. The van der Waals surface area contributed by atoms with Crippen LogP contribution in [-0.4, -0.2) is 38.8 Å². The summed E-state index contributed by atoms with van der Waals surface area (Å²) < 4.78 is 0.205. The van der Waals surface area contributed by atoms with E-state index in [9.17, 15) is 19.8 Å². The standard InChI is InChI=1S/C36H63O6.Fe/c1-3-5-7-21-27-33(37)29-23-17-13-9-11-15-19-25-31-35(39)41-42-36(40)32-26-20-16-12-10-14-18-24-30-34(38)28-22-8-6-4-2;/h17-18,23-25,33-34,37-38H,3-16,19-22,26-30,32H2,1-2H3;/q-1;+1/b23-17-,24-18-;. The zero-order valence-corrected chi connectivity index (χ0v) is 28.5. The normalized spacial score (nSPS) is 13.0. The number of allylic oxidation sites excluding steroid dienone is 2. The van der Waals surface area contributed by atoms with Crippen molar-refractivity contribution in [1.82, 2.24) is 0 Å². The van der Waals surface area contributed by atoms with E-state index in [1.165, 1.54) is 38.5 Å². The van der Waals surface area contributed by atoms with E-state index < -0.39 is 11.9 Å². The molecular formula is C36H63FeO6. The number of hydrogen-bond acceptors (Lipinski definition) is 6. The Balaban J connectivity index is 3.60. The minimum absolute atomic E-state index is 0.205. The van der Waals surface area contributed by atoms with Gasteiger partial charge in [-0.1, -0.05) is 77.4 Å². The second-order valence-electron chi connectivity index (χ2n) is 11.7. The second kappa shape index (κ2) is 32.1. The fourth-order valence-electron chi connectivity index (χ4n) is 4.71. The SMILES string of the molecule is CCCCCCC(O)C/C=C\CCCCC[CH-][C](=[Fe+])C(=O)OOC(=O)CCCCCCC/C=C\CC(O)CCCCCC. The third-order valence-corrected chi connectivity index (χ3v) is 7.93. The Hall–Kier alpha value is -1.27. The van der Waals surface area contributed by atoms with Crippen molar-refractivity contribution in [2.24, 2.45) is 0 Å². The van der Waals surface area contributed by atoms with Crippen LogP contribution >= 0.6 is 0 Å². The van der Waals surface area contributed by atoms with E-state index in [1.807, 2.05) is 0 Å². The Labute approximate surface area is 271 Å². The third kappa shape index (κ3) is 30.5.